The third-order valence-corrected chi connectivity index (χ3v) is 2.79. The first-order valence-electron chi connectivity index (χ1n) is 5.73. The zero-order chi connectivity index (χ0) is 13.2. The molecular formula is C14H11N3O2. The van der Waals surface area contributed by atoms with Gasteiger partial charge >= 0.3 is 0 Å². The minimum atomic E-state index is 0.171. The first-order valence-corrected chi connectivity index (χ1v) is 5.73. The van der Waals surface area contributed by atoms with Crippen LogP contribution in [0.15, 0.2) is 54.7 Å². The van der Waals surface area contributed by atoms with Gasteiger partial charge in [-0.15, -0.1) is 5.10 Å². The molecule has 0 saturated heterocycles. The summed E-state index contributed by atoms with van der Waals surface area (Å²) in [6.07, 6.45) is 1.64. The second-order valence-electron chi connectivity index (χ2n) is 4.10. The number of rotatable bonds is 2. The van der Waals surface area contributed by atoms with Crippen LogP contribution in [0.1, 0.15) is 0 Å². The van der Waals surface area contributed by atoms with Crippen LogP contribution in [-0.2, 0) is 0 Å². The van der Waals surface area contributed by atoms with Crippen molar-refractivity contribution < 1.29 is 10.2 Å². The molecule has 2 N–H and O–H groups in total. The quantitative estimate of drug-likeness (QED) is 0.735. The Morgan fingerprint density at radius 3 is 2.42 bits per heavy atom. The molecule has 0 radical (unpaired) electrons. The van der Waals surface area contributed by atoms with Gasteiger partial charge in [0.05, 0.1) is 17.6 Å². The van der Waals surface area contributed by atoms with Crippen LogP contribution in [0, 0.1) is 0 Å². The summed E-state index contributed by atoms with van der Waals surface area (Å²) in [7, 11) is 0. The van der Waals surface area contributed by atoms with Gasteiger partial charge in [-0.05, 0) is 36.4 Å². The van der Waals surface area contributed by atoms with Crippen molar-refractivity contribution >= 4 is 0 Å². The molecule has 2 aromatic carbocycles. The van der Waals surface area contributed by atoms with E-state index in [1.54, 1.807) is 53.3 Å². The van der Waals surface area contributed by atoms with Gasteiger partial charge in [0, 0.05) is 11.6 Å². The van der Waals surface area contributed by atoms with Crippen molar-refractivity contribution in [1.82, 2.24) is 15.0 Å². The lowest BCUT2D eigenvalue weighted by molar-refractivity contribution is 0.474. The maximum absolute atomic E-state index is 9.52. The van der Waals surface area contributed by atoms with Crippen LogP contribution < -0.4 is 0 Å². The van der Waals surface area contributed by atoms with E-state index in [2.05, 4.69) is 10.3 Å². The Hall–Kier alpha value is -2.82. The molecule has 94 valence electrons. The van der Waals surface area contributed by atoms with Gasteiger partial charge in [0.2, 0.25) is 0 Å². The Balaban J connectivity index is 2.10. The Bertz CT molecular complexity index is 705. The molecule has 0 saturated carbocycles. The van der Waals surface area contributed by atoms with E-state index in [1.807, 2.05) is 6.07 Å². The normalized spacial score (nSPS) is 10.5. The van der Waals surface area contributed by atoms with Gasteiger partial charge in [-0.1, -0.05) is 11.3 Å². The first kappa shape index (κ1) is 11.3. The lowest BCUT2D eigenvalue weighted by atomic mass is 10.1. The van der Waals surface area contributed by atoms with Gasteiger partial charge in [0.15, 0.2) is 0 Å². The van der Waals surface area contributed by atoms with Gasteiger partial charge < -0.3 is 10.2 Å². The Labute approximate surface area is 109 Å². The number of aromatic hydroxyl groups is 2. The second kappa shape index (κ2) is 4.45. The molecule has 0 spiro atoms. The average Bonchev–Trinajstić information content (AvgIpc) is 2.89. The molecule has 0 fully saturated rings. The molecule has 0 aliphatic rings. The highest BCUT2D eigenvalue weighted by Gasteiger charge is 2.09. The maximum Gasteiger partial charge on any atom is 0.117 e. The first-order chi connectivity index (χ1) is 9.24. The number of phenolic OH excluding ortho intramolecular Hbond substituents is 2. The number of hydrogen-bond acceptors (Lipinski definition) is 4. The average molecular weight is 253 g/mol. The largest absolute Gasteiger partial charge is 0.508 e. The fourth-order valence-electron chi connectivity index (χ4n) is 1.88. The molecule has 0 amide bonds. The Morgan fingerprint density at radius 1 is 0.895 bits per heavy atom. The summed E-state index contributed by atoms with van der Waals surface area (Å²) in [4.78, 5) is 0. The highest BCUT2D eigenvalue weighted by Crippen LogP contribution is 2.24. The minimum Gasteiger partial charge on any atom is -0.508 e. The fourth-order valence-corrected chi connectivity index (χ4v) is 1.88. The molecule has 0 aliphatic carbocycles. The predicted octanol–water partition coefficient (Wildman–Crippen LogP) is 2.35. The molecule has 1 heterocycles. The van der Waals surface area contributed by atoms with Gasteiger partial charge in [-0.25, -0.2) is 4.68 Å². The maximum atomic E-state index is 9.52. The molecular weight excluding hydrogens is 242 g/mol. The predicted molar refractivity (Wildman–Crippen MR) is 70.1 cm³/mol. The van der Waals surface area contributed by atoms with Crippen molar-refractivity contribution in [3.63, 3.8) is 0 Å². The van der Waals surface area contributed by atoms with Gasteiger partial charge in [-0.2, -0.15) is 0 Å². The summed E-state index contributed by atoms with van der Waals surface area (Å²) in [5.41, 5.74) is 2.39. The second-order valence-corrected chi connectivity index (χ2v) is 4.10. The summed E-state index contributed by atoms with van der Waals surface area (Å²) < 4.78 is 1.63. The van der Waals surface area contributed by atoms with Crippen LogP contribution in [0.4, 0.5) is 0 Å². The fraction of sp³-hybridized carbons (Fsp3) is 0. The van der Waals surface area contributed by atoms with E-state index < -0.39 is 0 Å². The zero-order valence-electron chi connectivity index (χ0n) is 9.93. The van der Waals surface area contributed by atoms with Gasteiger partial charge in [0.1, 0.15) is 11.5 Å². The van der Waals surface area contributed by atoms with Gasteiger partial charge in [-0.3, -0.25) is 0 Å². The van der Waals surface area contributed by atoms with Crippen molar-refractivity contribution in [2.24, 2.45) is 0 Å². The molecule has 0 unspecified atom stereocenters. The molecule has 1 aromatic heterocycles. The third-order valence-electron chi connectivity index (χ3n) is 2.79. The molecule has 5 heteroatoms. The van der Waals surface area contributed by atoms with Crippen LogP contribution in [0.25, 0.3) is 16.9 Å². The number of phenols is 2. The monoisotopic (exact) mass is 253 g/mol. The van der Waals surface area contributed by atoms with Crippen molar-refractivity contribution in [3.8, 4) is 28.4 Å². The topological polar surface area (TPSA) is 71.2 Å². The lowest BCUT2D eigenvalue weighted by Gasteiger charge is -2.06. The summed E-state index contributed by atoms with van der Waals surface area (Å²) in [5.74, 6) is 0.379. The number of benzene rings is 2. The smallest absolute Gasteiger partial charge is 0.117 e. The van der Waals surface area contributed by atoms with Crippen molar-refractivity contribution in [2.45, 2.75) is 0 Å². The number of aromatic nitrogens is 3. The van der Waals surface area contributed by atoms with E-state index in [0.29, 0.717) is 0 Å². The van der Waals surface area contributed by atoms with E-state index in [-0.39, 0.29) is 11.5 Å². The molecule has 3 aromatic rings. The summed E-state index contributed by atoms with van der Waals surface area (Å²) in [5, 5.41) is 26.7. The molecule has 0 aliphatic heterocycles. The molecule has 19 heavy (non-hydrogen) atoms. The zero-order valence-corrected chi connectivity index (χ0v) is 9.93. The van der Waals surface area contributed by atoms with Crippen LogP contribution in [0.3, 0.4) is 0 Å². The Kier molecular flexibility index (Phi) is 2.64. The van der Waals surface area contributed by atoms with Crippen LogP contribution >= 0.6 is 0 Å². The van der Waals surface area contributed by atoms with Crippen molar-refractivity contribution in [3.05, 3.63) is 54.7 Å². The van der Waals surface area contributed by atoms with E-state index in [0.717, 1.165) is 16.9 Å². The van der Waals surface area contributed by atoms with E-state index >= 15 is 0 Å². The minimum absolute atomic E-state index is 0.171. The number of hydrogen-bond donors (Lipinski definition) is 2. The van der Waals surface area contributed by atoms with E-state index in [4.69, 9.17) is 0 Å². The van der Waals surface area contributed by atoms with E-state index in [1.165, 1.54) is 0 Å². The third kappa shape index (κ3) is 2.13. The molecule has 0 atom stereocenters. The summed E-state index contributed by atoms with van der Waals surface area (Å²) in [6.45, 7) is 0. The van der Waals surface area contributed by atoms with Crippen LogP contribution in [0.5, 0.6) is 11.5 Å². The highest BCUT2D eigenvalue weighted by molar-refractivity contribution is 5.62. The standard InChI is InChI=1S/C14H11N3O2/c18-12-6-4-10(5-7-12)14-9-15-16-17(14)11-2-1-3-13(19)8-11/h1-9,18-19H. The number of nitrogens with zero attached hydrogens (tertiary/aromatic N) is 3. The van der Waals surface area contributed by atoms with Crippen LogP contribution in [-0.4, -0.2) is 25.2 Å². The van der Waals surface area contributed by atoms with Crippen molar-refractivity contribution in [1.29, 1.82) is 0 Å². The summed E-state index contributed by atoms with van der Waals surface area (Å²) >= 11 is 0. The van der Waals surface area contributed by atoms with Gasteiger partial charge in [0.25, 0.3) is 0 Å². The summed E-state index contributed by atoms with van der Waals surface area (Å²) in [6, 6.07) is 13.6. The molecule has 0 bridgehead atoms. The molecule has 5 nitrogen and oxygen atoms in total. The van der Waals surface area contributed by atoms with E-state index in [9.17, 15) is 10.2 Å². The van der Waals surface area contributed by atoms with Crippen LogP contribution in [0.2, 0.25) is 0 Å². The highest BCUT2D eigenvalue weighted by atomic mass is 16.3. The van der Waals surface area contributed by atoms with Crippen molar-refractivity contribution in [2.75, 3.05) is 0 Å². The lowest BCUT2D eigenvalue weighted by Crippen LogP contribution is -1.98. The Morgan fingerprint density at radius 2 is 1.68 bits per heavy atom. The molecule has 3 rings (SSSR count). The SMILES string of the molecule is Oc1ccc(-c2cnnn2-c2cccc(O)c2)cc1.